The van der Waals surface area contributed by atoms with Crippen LogP contribution in [0.1, 0.15) is 38.2 Å². The summed E-state index contributed by atoms with van der Waals surface area (Å²) >= 11 is 0. The lowest BCUT2D eigenvalue weighted by Gasteiger charge is -2.33. The van der Waals surface area contributed by atoms with Crippen molar-refractivity contribution in [1.29, 1.82) is 5.26 Å². The first kappa shape index (κ1) is 13.9. The molecule has 0 amide bonds. The van der Waals surface area contributed by atoms with Gasteiger partial charge in [0.1, 0.15) is 5.75 Å². The van der Waals surface area contributed by atoms with E-state index in [4.69, 9.17) is 10.00 Å². The summed E-state index contributed by atoms with van der Waals surface area (Å²) in [4.78, 5) is 2.40. The van der Waals surface area contributed by atoms with E-state index in [1.165, 1.54) is 5.56 Å². The molecule has 19 heavy (non-hydrogen) atoms. The predicted octanol–water partition coefficient (Wildman–Crippen LogP) is 3.18. The number of rotatable bonds is 5. The van der Waals surface area contributed by atoms with Crippen LogP contribution in [-0.4, -0.2) is 30.6 Å². The summed E-state index contributed by atoms with van der Waals surface area (Å²) in [5, 5.41) is 8.76. The lowest BCUT2D eigenvalue weighted by molar-refractivity contribution is 0.184. The molecule has 1 aromatic rings. The molecule has 1 aromatic carbocycles. The zero-order chi connectivity index (χ0) is 13.7. The van der Waals surface area contributed by atoms with Gasteiger partial charge in [-0.3, -0.25) is 4.90 Å². The molecule has 0 bridgehead atoms. The zero-order valence-corrected chi connectivity index (χ0v) is 11.8. The van der Waals surface area contributed by atoms with Gasteiger partial charge in [0, 0.05) is 31.5 Å². The van der Waals surface area contributed by atoms with Crippen molar-refractivity contribution in [3.05, 3.63) is 29.8 Å². The first-order valence-corrected chi connectivity index (χ1v) is 7.05. The Morgan fingerprint density at radius 2 is 2.21 bits per heavy atom. The molecule has 0 fully saturated rings. The van der Waals surface area contributed by atoms with E-state index in [0.29, 0.717) is 18.4 Å². The van der Waals surface area contributed by atoms with Gasteiger partial charge < -0.3 is 4.74 Å². The van der Waals surface area contributed by atoms with Gasteiger partial charge in [-0.05, 0) is 31.9 Å². The van der Waals surface area contributed by atoms with Gasteiger partial charge >= 0.3 is 0 Å². The molecule has 0 spiro atoms. The fourth-order valence-electron chi connectivity index (χ4n) is 2.64. The van der Waals surface area contributed by atoms with Crippen LogP contribution in [0.5, 0.6) is 5.75 Å². The number of ether oxygens (including phenoxy) is 1. The second kappa shape index (κ2) is 6.58. The van der Waals surface area contributed by atoms with Crippen molar-refractivity contribution < 1.29 is 4.74 Å². The van der Waals surface area contributed by atoms with Crippen molar-refractivity contribution in [2.75, 3.05) is 19.7 Å². The van der Waals surface area contributed by atoms with Crippen molar-refractivity contribution >= 4 is 0 Å². The topological polar surface area (TPSA) is 36.3 Å². The maximum atomic E-state index is 8.76. The van der Waals surface area contributed by atoms with Crippen LogP contribution in [0.25, 0.3) is 0 Å². The van der Waals surface area contributed by atoms with E-state index in [-0.39, 0.29) is 0 Å². The van der Waals surface area contributed by atoms with Crippen LogP contribution in [0.2, 0.25) is 0 Å². The zero-order valence-electron chi connectivity index (χ0n) is 11.8. The van der Waals surface area contributed by atoms with Gasteiger partial charge in [-0.1, -0.05) is 18.2 Å². The van der Waals surface area contributed by atoms with Crippen LogP contribution >= 0.6 is 0 Å². The minimum absolute atomic E-state index is 0.475. The highest BCUT2D eigenvalue weighted by Gasteiger charge is 2.24. The molecule has 0 saturated carbocycles. The summed E-state index contributed by atoms with van der Waals surface area (Å²) in [6.07, 6.45) is 1.66. The summed E-state index contributed by atoms with van der Waals surface area (Å²) in [5.41, 5.74) is 1.32. The van der Waals surface area contributed by atoms with Gasteiger partial charge in [-0.15, -0.1) is 0 Å². The molecule has 1 unspecified atom stereocenters. The standard InChI is InChI=1S/C16H22N2O/c1-13(2)18(10-5-9-17)12-14-8-11-19-16-7-4-3-6-15(14)16/h3-4,6-7,13-14H,5,8,10-12H2,1-2H3. The molecule has 3 heteroatoms. The van der Waals surface area contributed by atoms with Gasteiger partial charge in [-0.2, -0.15) is 5.26 Å². The highest BCUT2D eigenvalue weighted by Crippen LogP contribution is 2.34. The Morgan fingerprint density at radius 1 is 1.42 bits per heavy atom. The fraction of sp³-hybridized carbons (Fsp3) is 0.562. The lowest BCUT2D eigenvalue weighted by atomic mass is 9.92. The largest absolute Gasteiger partial charge is 0.493 e. The van der Waals surface area contributed by atoms with Crippen LogP contribution in [0.4, 0.5) is 0 Å². The van der Waals surface area contributed by atoms with Crippen LogP contribution in [0.3, 0.4) is 0 Å². The molecular formula is C16H22N2O. The molecule has 0 aromatic heterocycles. The number of hydrogen-bond acceptors (Lipinski definition) is 3. The smallest absolute Gasteiger partial charge is 0.122 e. The highest BCUT2D eigenvalue weighted by atomic mass is 16.5. The van der Waals surface area contributed by atoms with E-state index in [2.05, 4.69) is 43.0 Å². The van der Waals surface area contributed by atoms with Gasteiger partial charge in [0.25, 0.3) is 0 Å². The SMILES string of the molecule is CC(C)N(CCC#N)CC1CCOc2ccccc21. The number of para-hydroxylation sites is 1. The average molecular weight is 258 g/mol. The van der Waals surface area contributed by atoms with Crippen molar-refractivity contribution in [1.82, 2.24) is 4.90 Å². The van der Waals surface area contributed by atoms with E-state index in [9.17, 15) is 0 Å². The van der Waals surface area contributed by atoms with Gasteiger partial charge in [-0.25, -0.2) is 0 Å². The van der Waals surface area contributed by atoms with Crippen LogP contribution in [0.15, 0.2) is 24.3 Å². The molecule has 0 N–H and O–H groups in total. The molecule has 1 atom stereocenters. The number of nitriles is 1. The molecule has 0 aliphatic carbocycles. The minimum Gasteiger partial charge on any atom is -0.493 e. The highest BCUT2D eigenvalue weighted by molar-refractivity contribution is 5.37. The Hall–Kier alpha value is -1.53. The van der Waals surface area contributed by atoms with E-state index < -0.39 is 0 Å². The van der Waals surface area contributed by atoms with Crippen LogP contribution in [-0.2, 0) is 0 Å². The summed E-state index contributed by atoms with van der Waals surface area (Å²) in [7, 11) is 0. The molecule has 0 radical (unpaired) electrons. The lowest BCUT2D eigenvalue weighted by Crippen LogP contribution is -2.36. The molecule has 102 valence electrons. The molecule has 1 aliphatic rings. The number of fused-ring (bicyclic) bond motifs is 1. The van der Waals surface area contributed by atoms with Crippen molar-refractivity contribution in [2.24, 2.45) is 0 Å². The first-order chi connectivity index (χ1) is 9.22. The average Bonchev–Trinajstić information content (AvgIpc) is 2.43. The van der Waals surface area contributed by atoms with E-state index in [0.717, 1.165) is 31.9 Å². The molecule has 0 saturated heterocycles. The van der Waals surface area contributed by atoms with Gasteiger partial charge in [0.15, 0.2) is 0 Å². The number of nitrogens with zero attached hydrogens (tertiary/aromatic N) is 2. The summed E-state index contributed by atoms with van der Waals surface area (Å²) in [6, 6.07) is 11.0. The van der Waals surface area contributed by atoms with Crippen molar-refractivity contribution in [2.45, 2.75) is 38.6 Å². The third-order valence-corrected chi connectivity index (χ3v) is 3.78. The summed E-state index contributed by atoms with van der Waals surface area (Å²) in [6.45, 7) is 7.06. The Balaban J connectivity index is 2.08. The molecule has 1 aliphatic heterocycles. The van der Waals surface area contributed by atoms with E-state index in [1.807, 2.05) is 6.07 Å². The summed E-state index contributed by atoms with van der Waals surface area (Å²) < 4.78 is 5.71. The number of benzene rings is 1. The third kappa shape index (κ3) is 3.48. The number of hydrogen-bond donors (Lipinski definition) is 0. The predicted molar refractivity (Wildman–Crippen MR) is 76.2 cm³/mol. The van der Waals surface area contributed by atoms with E-state index in [1.54, 1.807) is 0 Å². The van der Waals surface area contributed by atoms with Gasteiger partial charge in [0.2, 0.25) is 0 Å². The summed E-state index contributed by atoms with van der Waals surface area (Å²) in [5.74, 6) is 1.55. The Labute approximate surface area is 115 Å². The van der Waals surface area contributed by atoms with Crippen LogP contribution in [0, 0.1) is 11.3 Å². The quantitative estimate of drug-likeness (QED) is 0.814. The molecule has 1 heterocycles. The maximum Gasteiger partial charge on any atom is 0.122 e. The molecule has 2 rings (SSSR count). The van der Waals surface area contributed by atoms with E-state index >= 15 is 0 Å². The monoisotopic (exact) mass is 258 g/mol. The molecule has 3 nitrogen and oxygen atoms in total. The normalized spacial score (nSPS) is 17.9. The Morgan fingerprint density at radius 3 is 2.95 bits per heavy atom. The van der Waals surface area contributed by atoms with Crippen molar-refractivity contribution in [3.8, 4) is 11.8 Å². The van der Waals surface area contributed by atoms with Crippen LogP contribution < -0.4 is 4.74 Å². The second-order valence-electron chi connectivity index (χ2n) is 5.37. The van der Waals surface area contributed by atoms with Crippen molar-refractivity contribution in [3.63, 3.8) is 0 Å². The first-order valence-electron chi connectivity index (χ1n) is 7.05. The Bertz CT molecular complexity index is 450. The Kier molecular flexibility index (Phi) is 4.81. The minimum atomic E-state index is 0.475. The second-order valence-corrected chi connectivity index (χ2v) is 5.37. The molecular weight excluding hydrogens is 236 g/mol. The fourth-order valence-corrected chi connectivity index (χ4v) is 2.64. The maximum absolute atomic E-state index is 8.76. The van der Waals surface area contributed by atoms with Gasteiger partial charge in [0.05, 0.1) is 12.7 Å². The third-order valence-electron chi connectivity index (χ3n) is 3.78.